The van der Waals surface area contributed by atoms with E-state index in [1.54, 1.807) is 0 Å². The van der Waals surface area contributed by atoms with Crippen molar-refractivity contribution in [3.8, 4) is 94.7 Å². The summed E-state index contributed by atoms with van der Waals surface area (Å²) in [5.74, 6) is 0. The van der Waals surface area contributed by atoms with Crippen molar-refractivity contribution in [1.29, 1.82) is 0 Å². The number of hydrogen-bond acceptors (Lipinski definition) is 0. The van der Waals surface area contributed by atoms with Crippen LogP contribution >= 0.6 is 0 Å². The molecule has 0 aliphatic heterocycles. The first-order valence-electron chi connectivity index (χ1n) is 23.1. The van der Waals surface area contributed by atoms with E-state index in [1.807, 2.05) is 0 Å². The molecule has 0 radical (unpaired) electrons. The molecule has 1 heteroatoms. The van der Waals surface area contributed by atoms with Crippen LogP contribution in [0.1, 0.15) is 0 Å². The van der Waals surface area contributed by atoms with Crippen molar-refractivity contribution >= 4 is 21.8 Å². The molecule has 0 saturated heterocycles. The molecule has 0 unspecified atom stereocenters. The van der Waals surface area contributed by atoms with Gasteiger partial charge < -0.3 is 4.57 Å². The fourth-order valence-corrected chi connectivity index (χ4v) is 9.68. The average Bonchev–Trinajstić information content (AvgIpc) is 3.75. The predicted octanol–water partition coefficient (Wildman–Crippen LogP) is 18.1. The summed E-state index contributed by atoms with van der Waals surface area (Å²) in [5, 5.41) is 2.44. The summed E-state index contributed by atoms with van der Waals surface area (Å²) in [4.78, 5) is 0. The van der Waals surface area contributed by atoms with Crippen molar-refractivity contribution in [1.82, 2.24) is 4.57 Å². The minimum Gasteiger partial charge on any atom is -0.309 e. The molecule has 12 rings (SSSR count). The highest BCUT2D eigenvalue weighted by atomic mass is 15.0. The highest BCUT2D eigenvalue weighted by Gasteiger charge is 2.17. The van der Waals surface area contributed by atoms with Gasteiger partial charge in [-0.3, -0.25) is 0 Å². The minimum atomic E-state index is 1.13. The van der Waals surface area contributed by atoms with E-state index in [4.69, 9.17) is 0 Å². The van der Waals surface area contributed by atoms with E-state index in [9.17, 15) is 0 Å². The lowest BCUT2D eigenvalue weighted by Gasteiger charge is -2.14. The molecule has 0 spiro atoms. The highest BCUT2D eigenvalue weighted by Crippen LogP contribution is 2.40. The Labute approximate surface area is 392 Å². The monoisotopic (exact) mass is 851 g/mol. The van der Waals surface area contributed by atoms with Gasteiger partial charge in [-0.1, -0.05) is 231 Å². The van der Waals surface area contributed by atoms with Crippen LogP contribution in [0.2, 0.25) is 0 Å². The van der Waals surface area contributed by atoms with Crippen molar-refractivity contribution in [3.63, 3.8) is 0 Å². The van der Waals surface area contributed by atoms with E-state index < -0.39 is 0 Å². The van der Waals surface area contributed by atoms with Crippen LogP contribution in [0.4, 0.5) is 0 Å². The number of fused-ring (bicyclic) bond motifs is 3. The SMILES string of the molecule is c1ccc(-c2ccc(-c3ccc(-c4ccc5c(c4)c4cc(-c6ccc(-c7ccc(-c8ccccc8)cc7)cc6)ccc4n5-c4cc(-c5ccccc5)cc(-c5ccccc5)c4)cc3)cc2)cc1. The van der Waals surface area contributed by atoms with Crippen molar-refractivity contribution in [2.24, 2.45) is 0 Å². The second kappa shape index (κ2) is 17.3. The van der Waals surface area contributed by atoms with Gasteiger partial charge in [-0.2, -0.15) is 0 Å². The summed E-state index contributed by atoms with van der Waals surface area (Å²) in [6, 6.07) is 99.4. The molecular weight excluding hydrogens is 807 g/mol. The molecule has 11 aromatic carbocycles. The number of benzene rings is 11. The van der Waals surface area contributed by atoms with Gasteiger partial charge >= 0.3 is 0 Å². The molecule has 0 atom stereocenters. The van der Waals surface area contributed by atoms with E-state index >= 15 is 0 Å². The first-order valence-corrected chi connectivity index (χ1v) is 23.1. The largest absolute Gasteiger partial charge is 0.309 e. The maximum Gasteiger partial charge on any atom is 0.0541 e. The fraction of sp³-hybridized carbons (Fsp3) is 0. The second-order valence-corrected chi connectivity index (χ2v) is 17.3. The maximum absolute atomic E-state index is 2.46. The van der Waals surface area contributed by atoms with Gasteiger partial charge in [0.1, 0.15) is 0 Å². The van der Waals surface area contributed by atoms with Gasteiger partial charge in [0.05, 0.1) is 11.0 Å². The van der Waals surface area contributed by atoms with Crippen LogP contribution in [-0.4, -0.2) is 4.57 Å². The maximum atomic E-state index is 2.46. The van der Waals surface area contributed by atoms with Gasteiger partial charge in [-0.05, 0) is 131 Å². The Morgan fingerprint density at radius 3 is 0.672 bits per heavy atom. The molecule has 1 heterocycles. The summed E-state index contributed by atoms with van der Waals surface area (Å²) in [7, 11) is 0. The zero-order valence-corrected chi connectivity index (χ0v) is 36.9. The molecule has 0 saturated carbocycles. The number of hydrogen-bond donors (Lipinski definition) is 0. The quantitative estimate of drug-likeness (QED) is 0.136. The third kappa shape index (κ3) is 7.84. The van der Waals surface area contributed by atoms with E-state index in [-0.39, 0.29) is 0 Å². The summed E-state index contributed by atoms with van der Waals surface area (Å²) in [6.07, 6.45) is 0. The van der Waals surface area contributed by atoms with E-state index in [0.29, 0.717) is 0 Å². The van der Waals surface area contributed by atoms with Gasteiger partial charge in [0.25, 0.3) is 0 Å². The van der Waals surface area contributed by atoms with Crippen LogP contribution in [0.15, 0.2) is 273 Å². The molecule has 0 aliphatic carbocycles. The summed E-state index contributed by atoms with van der Waals surface area (Å²) in [6.45, 7) is 0. The van der Waals surface area contributed by atoms with Gasteiger partial charge in [0.2, 0.25) is 0 Å². The van der Waals surface area contributed by atoms with Crippen LogP contribution in [0.3, 0.4) is 0 Å². The minimum absolute atomic E-state index is 1.13. The van der Waals surface area contributed by atoms with E-state index in [0.717, 1.165) is 5.69 Å². The molecule has 0 amide bonds. The van der Waals surface area contributed by atoms with Crippen molar-refractivity contribution in [2.75, 3.05) is 0 Å². The first kappa shape index (κ1) is 39.8. The van der Waals surface area contributed by atoms with Crippen LogP contribution in [0, 0.1) is 0 Å². The summed E-state index contributed by atoms with van der Waals surface area (Å²) in [5.41, 5.74) is 22.7. The smallest absolute Gasteiger partial charge is 0.0541 e. The Morgan fingerprint density at radius 1 is 0.164 bits per heavy atom. The molecule has 0 aliphatic rings. The predicted molar refractivity (Wildman–Crippen MR) is 284 cm³/mol. The van der Waals surface area contributed by atoms with Crippen LogP contribution in [0.5, 0.6) is 0 Å². The van der Waals surface area contributed by atoms with Gasteiger partial charge in [0, 0.05) is 16.5 Å². The van der Waals surface area contributed by atoms with Gasteiger partial charge in [0.15, 0.2) is 0 Å². The standard InChI is InChI=1S/C66H45N/c1-5-13-46(14-6-1)50-21-25-52(26-22-50)54-29-33-56(34-30-54)58-37-39-65-63(44-58)64-45-59(57-35-31-55(32-36-57)53-27-23-51(24-28-53)47-15-7-2-8-16-47)38-40-66(64)67(65)62-42-60(48-17-9-3-10-18-48)41-61(43-62)49-19-11-4-12-20-49/h1-45H. The molecule has 1 nitrogen and oxygen atoms in total. The molecular formula is C66H45N. The second-order valence-electron chi connectivity index (χ2n) is 17.3. The van der Waals surface area contributed by atoms with Crippen LogP contribution in [-0.2, 0) is 0 Å². The summed E-state index contributed by atoms with van der Waals surface area (Å²) >= 11 is 0. The van der Waals surface area contributed by atoms with Crippen LogP contribution < -0.4 is 0 Å². The molecule has 0 fully saturated rings. The Kier molecular flexibility index (Phi) is 10.3. The van der Waals surface area contributed by atoms with Gasteiger partial charge in [-0.15, -0.1) is 0 Å². The molecule has 1 aromatic heterocycles. The Balaban J connectivity index is 0.956. The lowest BCUT2D eigenvalue weighted by atomic mass is 9.96. The number of nitrogens with zero attached hydrogens (tertiary/aromatic N) is 1. The van der Waals surface area contributed by atoms with Crippen molar-refractivity contribution < 1.29 is 0 Å². The number of rotatable bonds is 9. The molecule has 0 bridgehead atoms. The first-order chi connectivity index (χ1) is 33.2. The third-order valence-electron chi connectivity index (χ3n) is 13.2. The normalized spacial score (nSPS) is 11.3. The summed E-state index contributed by atoms with van der Waals surface area (Å²) < 4.78 is 2.46. The topological polar surface area (TPSA) is 4.93 Å². The van der Waals surface area contributed by atoms with Crippen molar-refractivity contribution in [2.45, 2.75) is 0 Å². The Morgan fingerprint density at radius 2 is 0.388 bits per heavy atom. The highest BCUT2D eigenvalue weighted by molar-refractivity contribution is 6.12. The van der Waals surface area contributed by atoms with E-state index in [1.165, 1.54) is 111 Å². The molecule has 314 valence electrons. The Hall–Kier alpha value is -8.78. The van der Waals surface area contributed by atoms with E-state index in [2.05, 4.69) is 278 Å². The zero-order chi connectivity index (χ0) is 44.5. The molecule has 12 aromatic rings. The fourth-order valence-electron chi connectivity index (χ4n) is 9.68. The third-order valence-corrected chi connectivity index (χ3v) is 13.2. The number of aromatic nitrogens is 1. The lowest BCUT2D eigenvalue weighted by Crippen LogP contribution is -1.96. The Bertz CT molecular complexity index is 3400. The van der Waals surface area contributed by atoms with Gasteiger partial charge in [-0.25, -0.2) is 0 Å². The average molecular weight is 852 g/mol. The van der Waals surface area contributed by atoms with Crippen molar-refractivity contribution in [3.05, 3.63) is 273 Å². The molecule has 67 heavy (non-hydrogen) atoms. The zero-order valence-electron chi connectivity index (χ0n) is 36.9. The van der Waals surface area contributed by atoms with Crippen LogP contribution in [0.25, 0.3) is 117 Å². The molecule has 0 N–H and O–H groups in total. The lowest BCUT2D eigenvalue weighted by molar-refractivity contribution is 1.18.